The van der Waals surface area contributed by atoms with E-state index in [-0.39, 0.29) is 0 Å². The van der Waals surface area contributed by atoms with Crippen LogP contribution >= 0.6 is 34.5 Å². The highest BCUT2D eigenvalue weighted by atomic mass is 35.5. The first kappa shape index (κ1) is 16.7. The van der Waals surface area contributed by atoms with Crippen molar-refractivity contribution in [2.75, 3.05) is 0 Å². The molecule has 0 radical (unpaired) electrons. The first-order valence-corrected chi connectivity index (χ1v) is 9.47. The lowest BCUT2D eigenvalue weighted by Gasteiger charge is -2.16. The van der Waals surface area contributed by atoms with Crippen LogP contribution in [-0.2, 0) is 0 Å². The van der Waals surface area contributed by atoms with E-state index < -0.39 is 0 Å². The highest BCUT2D eigenvalue weighted by Gasteiger charge is 2.12. The lowest BCUT2D eigenvalue weighted by molar-refractivity contribution is 0.435. The summed E-state index contributed by atoms with van der Waals surface area (Å²) in [6, 6.07) is 5.84. The zero-order valence-corrected chi connectivity index (χ0v) is 15.3. The molecule has 1 aliphatic carbocycles. The lowest BCUT2D eigenvalue weighted by Crippen LogP contribution is -2.19. The molecule has 0 N–H and O–H groups in total. The summed E-state index contributed by atoms with van der Waals surface area (Å²) in [4.78, 5) is 5.86. The summed E-state index contributed by atoms with van der Waals surface area (Å²) in [5.74, 6) is 0. The van der Waals surface area contributed by atoms with E-state index in [4.69, 9.17) is 28.2 Å². The second-order valence-corrected chi connectivity index (χ2v) is 7.48. The quantitative estimate of drug-likeness (QED) is 0.660. The molecule has 1 aromatic heterocycles. The van der Waals surface area contributed by atoms with Crippen molar-refractivity contribution in [3.63, 3.8) is 0 Å². The Morgan fingerprint density at radius 1 is 1.22 bits per heavy atom. The first-order chi connectivity index (χ1) is 11.1. The molecule has 3 rings (SSSR count). The van der Waals surface area contributed by atoms with Crippen LogP contribution in [0.3, 0.4) is 0 Å². The van der Waals surface area contributed by atoms with Crippen molar-refractivity contribution in [2.24, 2.45) is 10.1 Å². The minimum absolute atomic E-state index is 0.433. The highest BCUT2D eigenvalue weighted by Crippen LogP contribution is 2.21. The fraction of sp³-hybridized carbons (Fsp3) is 0.412. The van der Waals surface area contributed by atoms with Crippen molar-refractivity contribution in [1.29, 1.82) is 0 Å². The van der Waals surface area contributed by atoms with Gasteiger partial charge in [0.2, 0.25) is 4.80 Å². The van der Waals surface area contributed by atoms with E-state index in [2.05, 4.69) is 10.5 Å². The molecule has 2 aromatic rings. The molecular weight excluding hydrogens is 349 g/mol. The minimum Gasteiger partial charge on any atom is -0.254 e. The summed E-state index contributed by atoms with van der Waals surface area (Å²) < 4.78 is 1.89. The number of rotatable bonds is 3. The normalized spacial score (nSPS) is 17.3. The van der Waals surface area contributed by atoms with Crippen LogP contribution in [0.4, 0.5) is 0 Å². The summed E-state index contributed by atoms with van der Waals surface area (Å²) in [6.07, 6.45) is 8.03. The van der Waals surface area contributed by atoms with E-state index in [1.807, 2.05) is 23.7 Å². The maximum atomic E-state index is 6.20. The van der Waals surface area contributed by atoms with Crippen molar-refractivity contribution in [2.45, 2.75) is 45.1 Å². The second-order valence-electron chi connectivity index (χ2n) is 5.80. The molecule has 1 heterocycles. The number of hydrogen-bond acceptors (Lipinski definition) is 3. The third kappa shape index (κ3) is 4.25. The highest BCUT2D eigenvalue weighted by molar-refractivity contribution is 7.07. The summed E-state index contributed by atoms with van der Waals surface area (Å²) in [5.41, 5.74) is 1.92. The van der Waals surface area contributed by atoms with E-state index in [0.29, 0.717) is 16.1 Å². The maximum Gasteiger partial charge on any atom is 0.206 e. The van der Waals surface area contributed by atoms with Crippen LogP contribution in [0.1, 0.15) is 43.4 Å². The van der Waals surface area contributed by atoms with Gasteiger partial charge in [-0.15, -0.1) is 11.3 Å². The third-order valence-corrected chi connectivity index (χ3v) is 5.50. The number of benzene rings is 1. The number of aromatic nitrogens is 1. The number of nitrogens with zero attached hydrogens (tertiary/aromatic N) is 3. The summed E-state index contributed by atoms with van der Waals surface area (Å²) in [7, 11) is 0. The van der Waals surface area contributed by atoms with Crippen LogP contribution in [0.15, 0.2) is 33.7 Å². The van der Waals surface area contributed by atoms with Gasteiger partial charge in [-0.05, 0) is 31.9 Å². The Labute approximate surface area is 150 Å². The monoisotopic (exact) mass is 367 g/mol. The van der Waals surface area contributed by atoms with Gasteiger partial charge in [-0.2, -0.15) is 5.10 Å². The average Bonchev–Trinajstić information content (AvgIpc) is 2.88. The number of hydrogen-bond donors (Lipinski definition) is 0. The molecule has 23 heavy (non-hydrogen) atoms. The Morgan fingerprint density at radius 2 is 2.00 bits per heavy atom. The predicted molar refractivity (Wildman–Crippen MR) is 98.9 cm³/mol. The van der Waals surface area contributed by atoms with Crippen molar-refractivity contribution in [3.05, 3.63) is 49.7 Å². The van der Waals surface area contributed by atoms with E-state index >= 15 is 0 Å². The molecule has 0 atom stereocenters. The summed E-state index contributed by atoms with van der Waals surface area (Å²) >= 11 is 13.8. The van der Waals surface area contributed by atoms with Gasteiger partial charge >= 0.3 is 0 Å². The number of halogens is 2. The molecule has 0 amide bonds. The first-order valence-electron chi connectivity index (χ1n) is 7.84. The molecule has 1 saturated carbocycles. The van der Waals surface area contributed by atoms with Gasteiger partial charge in [0.25, 0.3) is 0 Å². The Morgan fingerprint density at radius 3 is 2.74 bits per heavy atom. The molecule has 1 fully saturated rings. The van der Waals surface area contributed by atoms with Crippen LogP contribution in [-0.4, -0.2) is 16.9 Å². The topological polar surface area (TPSA) is 29.6 Å². The SMILES string of the molecule is Cc1csc(=NC2CCCCC2)n1N=Cc1ccc(Cl)cc1Cl. The Hall–Kier alpha value is -1.10. The van der Waals surface area contributed by atoms with Crippen molar-refractivity contribution >= 4 is 40.8 Å². The molecule has 0 aliphatic heterocycles. The summed E-state index contributed by atoms with van der Waals surface area (Å²) in [5, 5.41) is 7.88. The minimum atomic E-state index is 0.433. The smallest absolute Gasteiger partial charge is 0.206 e. The maximum absolute atomic E-state index is 6.20. The van der Waals surface area contributed by atoms with Crippen LogP contribution in [0.5, 0.6) is 0 Å². The Balaban J connectivity index is 1.89. The largest absolute Gasteiger partial charge is 0.254 e. The fourth-order valence-corrected chi connectivity index (χ4v) is 4.04. The van der Waals surface area contributed by atoms with Gasteiger partial charge in [-0.25, -0.2) is 4.68 Å². The molecular formula is C17H19Cl2N3S. The predicted octanol–water partition coefficient (Wildman–Crippen LogP) is 5.28. The zero-order valence-electron chi connectivity index (χ0n) is 13.0. The van der Waals surface area contributed by atoms with Crippen LogP contribution in [0.25, 0.3) is 0 Å². The molecule has 6 heteroatoms. The molecule has 122 valence electrons. The van der Waals surface area contributed by atoms with Crippen LogP contribution in [0.2, 0.25) is 10.0 Å². The van der Waals surface area contributed by atoms with E-state index in [9.17, 15) is 0 Å². The zero-order chi connectivity index (χ0) is 16.2. The van der Waals surface area contributed by atoms with E-state index in [1.165, 1.54) is 32.1 Å². The van der Waals surface area contributed by atoms with Crippen molar-refractivity contribution < 1.29 is 0 Å². The van der Waals surface area contributed by atoms with Crippen LogP contribution in [0, 0.1) is 6.92 Å². The fourth-order valence-electron chi connectivity index (χ4n) is 2.71. The second kappa shape index (κ2) is 7.65. The molecule has 1 aliphatic rings. The van der Waals surface area contributed by atoms with Gasteiger partial charge in [0, 0.05) is 16.0 Å². The van der Waals surface area contributed by atoms with E-state index in [0.717, 1.165) is 16.1 Å². The molecule has 3 nitrogen and oxygen atoms in total. The Bertz CT molecular complexity index is 770. The van der Waals surface area contributed by atoms with Crippen molar-refractivity contribution in [1.82, 2.24) is 4.68 Å². The lowest BCUT2D eigenvalue weighted by atomic mass is 9.96. The Kier molecular flexibility index (Phi) is 5.57. The molecule has 0 unspecified atom stereocenters. The van der Waals surface area contributed by atoms with Gasteiger partial charge in [0.05, 0.1) is 23.0 Å². The number of aryl methyl sites for hydroxylation is 1. The van der Waals surface area contributed by atoms with Gasteiger partial charge in [0.1, 0.15) is 0 Å². The molecule has 0 spiro atoms. The summed E-state index contributed by atoms with van der Waals surface area (Å²) in [6.45, 7) is 2.04. The van der Waals surface area contributed by atoms with Gasteiger partial charge < -0.3 is 0 Å². The molecule has 1 aromatic carbocycles. The third-order valence-electron chi connectivity index (χ3n) is 3.99. The molecule has 0 saturated heterocycles. The van der Waals surface area contributed by atoms with Gasteiger partial charge in [-0.3, -0.25) is 4.99 Å². The van der Waals surface area contributed by atoms with Gasteiger partial charge in [-0.1, -0.05) is 48.5 Å². The van der Waals surface area contributed by atoms with E-state index in [1.54, 1.807) is 23.6 Å². The average molecular weight is 368 g/mol. The van der Waals surface area contributed by atoms with Crippen molar-refractivity contribution in [3.8, 4) is 0 Å². The molecule has 0 bridgehead atoms. The van der Waals surface area contributed by atoms with Crippen LogP contribution < -0.4 is 4.80 Å². The van der Waals surface area contributed by atoms with Gasteiger partial charge in [0.15, 0.2) is 0 Å². The standard InChI is InChI=1S/C17H19Cl2N3S/c1-12-11-23-17(21-15-5-3-2-4-6-15)22(12)20-10-13-7-8-14(18)9-16(13)19/h7-11,15H,2-6H2,1H3. The number of thiazole rings is 1.